The molecule has 3 aromatic rings. The summed E-state index contributed by atoms with van der Waals surface area (Å²) in [6.07, 6.45) is 10.5. The molecule has 1 aliphatic heterocycles. The maximum atomic E-state index is 13.9. The number of Topliss-reactive ketones (excluding diaryl/α,β-unsaturated/α-hetero) is 1. The average Bonchev–Trinajstić information content (AvgIpc) is 3.37. The fourth-order valence-corrected chi connectivity index (χ4v) is 5.98. The lowest BCUT2D eigenvalue weighted by Crippen LogP contribution is -2.44. The number of rotatable bonds is 8. The van der Waals surface area contributed by atoms with Gasteiger partial charge in [-0.25, -0.2) is 4.79 Å². The molecule has 3 N–H and O–H groups in total. The molecule has 0 bridgehead atoms. The van der Waals surface area contributed by atoms with E-state index in [1.54, 1.807) is 35.9 Å². The summed E-state index contributed by atoms with van der Waals surface area (Å²) in [5.41, 5.74) is 6.20. The summed E-state index contributed by atoms with van der Waals surface area (Å²) in [6, 6.07) is 6.74. The molecule has 5 rings (SSSR count). The highest BCUT2D eigenvalue weighted by molar-refractivity contribution is 6.05. The summed E-state index contributed by atoms with van der Waals surface area (Å²) in [6.45, 7) is 3.16. The predicted octanol–water partition coefficient (Wildman–Crippen LogP) is 2.80. The first-order valence-electron chi connectivity index (χ1n) is 14.5. The van der Waals surface area contributed by atoms with E-state index in [2.05, 4.69) is 10.2 Å². The minimum Gasteiger partial charge on any atom is -0.341 e. The number of nitrogens with zero attached hydrogens (tertiary/aromatic N) is 5. The van der Waals surface area contributed by atoms with Crippen LogP contribution in [0.15, 0.2) is 46.0 Å². The van der Waals surface area contributed by atoms with Gasteiger partial charge in [0.05, 0.1) is 12.2 Å². The molecule has 1 amide bonds. The maximum absolute atomic E-state index is 13.9. The van der Waals surface area contributed by atoms with Crippen molar-refractivity contribution in [2.45, 2.75) is 71.0 Å². The van der Waals surface area contributed by atoms with Crippen molar-refractivity contribution in [3.8, 4) is 0 Å². The van der Waals surface area contributed by atoms with E-state index < -0.39 is 23.6 Å². The van der Waals surface area contributed by atoms with Crippen LogP contribution in [0.5, 0.6) is 0 Å². The van der Waals surface area contributed by atoms with Crippen LogP contribution in [-0.4, -0.2) is 49.5 Å². The molecular weight excluding hydrogens is 522 g/mol. The van der Waals surface area contributed by atoms with Crippen LogP contribution in [0.4, 0.5) is 11.6 Å². The number of hydrogen-bond donors (Lipinski definition) is 2. The Kier molecular flexibility index (Phi) is 8.53. The average molecular weight is 562 g/mol. The summed E-state index contributed by atoms with van der Waals surface area (Å²) in [5, 5.41) is 2.92. The number of hydrogen-bond acceptors (Lipinski definition) is 7. The van der Waals surface area contributed by atoms with Gasteiger partial charge in [0.15, 0.2) is 16.9 Å². The summed E-state index contributed by atoms with van der Waals surface area (Å²) in [4.78, 5) is 60.6. The smallest absolute Gasteiger partial charge is 0.332 e. The number of benzene rings is 1. The third kappa shape index (κ3) is 5.76. The number of aromatic nitrogens is 4. The molecule has 2 aromatic heterocycles. The first-order valence-corrected chi connectivity index (χ1v) is 14.5. The molecule has 1 unspecified atom stereocenters. The number of allylic oxidation sites excluding steroid dienone is 2. The van der Waals surface area contributed by atoms with Crippen LogP contribution in [-0.2, 0) is 24.9 Å². The largest absolute Gasteiger partial charge is 0.341 e. The van der Waals surface area contributed by atoms with Crippen LogP contribution in [0.25, 0.3) is 11.2 Å². The number of fused-ring (bicyclic) bond motifs is 1. The first kappa shape index (κ1) is 28.5. The normalized spacial score (nSPS) is 18.3. The number of nitrogens with two attached hydrogens (primary N) is 1. The Bertz CT molecular complexity index is 1590. The lowest BCUT2D eigenvalue weighted by Gasteiger charge is -2.31. The zero-order valence-corrected chi connectivity index (χ0v) is 23.8. The number of nitrogens with one attached hydrogen (secondary N) is 1. The van der Waals surface area contributed by atoms with Crippen LogP contribution in [0, 0.1) is 5.92 Å². The van der Waals surface area contributed by atoms with Crippen LogP contribution in [0.1, 0.15) is 62.2 Å². The van der Waals surface area contributed by atoms with Gasteiger partial charge in [0.2, 0.25) is 11.9 Å². The molecule has 1 saturated carbocycles. The van der Waals surface area contributed by atoms with E-state index in [0.717, 1.165) is 56.1 Å². The highest BCUT2D eigenvalue weighted by Gasteiger charge is 2.27. The molecule has 1 aliphatic carbocycles. The van der Waals surface area contributed by atoms with Crippen LogP contribution in [0.3, 0.4) is 0 Å². The van der Waals surface area contributed by atoms with Gasteiger partial charge in [0, 0.05) is 44.2 Å². The molecule has 1 saturated heterocycles. The molecule has 0 spiro atoms. The molecule has 2 fully saturated rings. The highest BCUT2D eigenvalue weighted by atomic mass is 16.2. The summed E-state index contributed by atoms with van der Waals surface area (Å²) in [7, 11) is 1.56. The number of carbonyl (C=O) groups is 2. The summed E-state index contributed by atoms with van der Waals surface area (Å²) < 4.78 is 4.08. The first-order chi connectivity index (χ1) is 19.8. The van der Waals surface area contributed by atoms with Gasteiger partial charge in [-0.1, -0.05) is 43.5 Å². The number of amides is 1. The Balaban J connectivity index is 1.51. The zero-order valence-electron chi connectivity index (χ0n) is 23.8. The minimum atomic E-state index is -0.628. The van der Waals surface area contributed by atoms with Gasteiger partial charge in [-0.3, -0.25) is 23.5 Å². The van der Waals surface area contributed by atoms with E-state index in [-0.39, 0.29) is 34.6 Å². The monoisotopic (exact) mass is 561 g/mol. The highest BCUT2D eigenvalue weighted by Crippen LogP contribution is 2.26. The van der Waals surface area contributed by atoms with Crippen LogP contribution >= 0.6 is 0 Å². The molecular formula is C30H39N7O4. The topological polar surface area (TPSA) is 137 Å². The van der Waals surface area contributed by atoms with Crippen molar-refractivity contribution < 1.29 is 9.59 Å². The second-order valence-corrected chi connectivity index (χ2v) is 11.1. The number of anilines is 2. The quantitative estimate of drug-likeness (QED) is 0.319. The third-order valence-corrected chi connectivity index (χ3v) is 8.24. The number of imidazole rings is 1. The van der Waals surface area contributed by atoms with Crippen LogP contribution < -0.4 is 27.2 Å². The van der Waals surface area contributed by atoms with E-state index in [1.165, 1.54) is 4.57 Å². The number of ketones is 1. The van der Waals surface area contributed by atoms with Gasteiger partial charge in [-0.05, 0) is 44.7 Å². The van der Waals surface area contributed by atoms with Crippen molar-refractivity contribution >= 4 is 34.5 Å². The zero-order chi connectivity index (χ0) is 29.1. The van der Waals surface area contributed by atoms with E-state index in [0.29, 0.717) is 24.7 Å². The number of piperidine rings is 1. The third-order valence-electron chi connectivity index (χ3n) is 8.24. The molecule has 3 heterocycles. The van der Waals surface area contributed by atoms with E-state index >= 15 is 0 Å². The standard InChI is InChI=1S/C30H39N7O4/c1-3-4-17-36-25-26(33-29(36)35-16-10-13-21(31)18-35)34(2)30(41)37(28(25)40)19-24(38)22-14-8-9-15-23(22)32-27(39)20-11-6-5-7-12-20/h3-4,8-9,14-15,20-21H,5-7,10-13,16-19,31H2,1-2H3,(H,32,39)/b4-3+. The Morgan fingerprint density at radius 1 is 1.07 bits per heavy atom. The lowest BCUT2D eigenvalue weighted by atomic mass is 9.88. The van der Waals surface area contributed by atoms with Gasteiger partial charge in [-0.2, -0.15) is 4.98 Å². The predicted molar refractivity (Wildman–Crippen MR) is 159 cm³/mol. The fraction of sp³-hybridized carbons (Fsp3) is 0.500. The maximum Gasteiger partial charge on any atom is 0.332 e. The van der Waals surface area contributed by atoms with Gasteiger partial charge in [-0.15, -0.1) is 0 Å². The van der Waals surface area contributed by atoms with Crippen molar-refractivity contribution in [3.63, 3.8) is 0 Å². The van der Waals surface area contributed by atoms with Crippen molar-refractivity contribution in [1.82, 2.24) is 18.7 Å². The SMILES string of the molecule is C/C=C/Cn1c(N2CCCC(N)C2)nc2c1c(=O)n(CC(=O)c1ccccc1NC(=O)C1CCCCC1)c(=O)n2C. The van der Waals surface area contributed by atoms with Gasteiger partial charge < -0.3 is 20.5 Å². The van der Waals surface area contributed by atoms with Gasteiger partial charge in [0.25, 0.3) is 5.56 Å². The lowest BCUT2D eigenvalue weighted by molar-refractivity contribution is -0.120. The van der Waals surface area contributed by atoms with Crippen molar-refractivity contribution in [2.75, 3.05) is 23.3 Å². The second-order valence-electron chi connectivity index (χ2n) is 11.1. The number of aryl methyl sites for hydroxylation is 1. The fourth-order valence-electron chi connectivity index (χ4n) is 5.98. The van der Waals surface area contributed by atoms with E-state index in [9.17, 15) is 19.2 Å². The summed E-state index contributed by atoms with van der Waals surface area (Å²) in [5.74, 6) is -0.0346. The Hall–Kier alpha value is -3.99. The molecule has 1 atom stereocenters. The molecule has 11 nitrogen and oxygen atoms in total. The molecule has 2 aliphatic rings. The van der Waals surface area contributed by atoms with Crippen LogP contribution in [0.2, 0.25) is 0 Å². The Labute approximate surface area is 238 Å². The second kappa shape index (κ2) is 12.3. The Morgan fingerprint density at radius 2 is 1.83 bits per heavy atom. The minimum absolute atomic E-state index is 0.00417. The molecule has 41 heavy (non-hydrogen) atoms. The van der Waals surface area contributed by atoms with E-state index in [4.69, 9.17) is 10.7 Å². The van der Waals surface area contributed by atoms with Gasteiger partial charge in [0.1, 0.15) is 0 Å². The summed E-state index contributed by atoms with van der Waals surface area (Å²) >= 11 is 0. The Morgan fingerprint density at radius 3 is 2.56 bits per heavy atom. The van der Waals surface area contributed by atoms with Crippen molar-refractivity contribution in [3.05, 3.63) is 62.8 Å². The molecule has 0 radical (unpaired) electrons. The molecule has 1 aromatic carbocycles. The van der Waals surface area contributed by atoms with E-state index in [1.807, 2.05) is 19.1 Å². The number of carbonyl (C=O) groups excluding carboxylic acids is 2. The van der Waals surface area contributed by atoms with Crippen molar-refractivity contribution in [1.29, 1.82) is 0 Å². The molecule has 218 valence electrons. The van der Waals surface area contributed by atoms with Crippen molar-refractivity contribution in [2.24, 2.45) is 18.7 Å². The molecule has 11 heteroatoms. The number of para-hydroxylation sites is 1. The van der Waals surface area contributed by atoms with Gasteiger partial charge >= 0.3 is 5.69 Å².